The van der Waals surface area contributed by atoms with Crippen molar-refractivity contribution < 1.29 is 0 Å². The maximum absolute atomic E-state index is 5.05. The molecule has 0 unspecified atom stereocenters. The van der Waals surface area contributed by atoms with Crippen LogP contribution in [0.25, 0.3) is 0 Å². The SMILES string of the molecule is C(C[P+](c1ccccc1)(c1ccccc1)c1ccccc1)=NC1CCCCC1.Cl. The third-order valence-corrected chi connectivity index (χ3v) is 10.1. The summed E-state index contributed by atoms with van der Waals surface area (Å²) in [7, 11) is -1.77. The molecule has 29 heavy (non-hydrogen) atoms. The Bertz CT molecular complexity index is 778. The largest absolute Gasteiger partial charge is 0.290 e. The molecule has 4 rings (SSSR count). The molecule has 0 atom stereocenters. The second kappa shape index (κ2) is 10.7. The van der Waals surface area contributed by atoms with Crippen LogP contribution in [0.2, 0.25) is 0 Å². The number of aliphatic imine (C=N–C) groups is 1. The molecule has 0 radical (unpaired) electrons. The second-order valence-corrected chi connectivity index (χ2v) is 11.2. The van der Waals surface area contributed by atoms with Gasteiger partial charge in [-0.25, -0.2) is 0 Å². The van der Waals surface area contributed by atoms with Crippen molar-refractivity contribution in [1.82, 2.24) is 0 Å². The van der Waals surface area contributed by atoms with E-state index < -0.39 is 7.26 Å². The van der Waals surface area contributed by atoms with Crippen LogP contribution in [0.3, 0.4) is 0 Å². The number of nitrogens with zero attached hydrogens (tertiary/aromatic N) is 1. The van der Waals surface area contributed by atoms with E-state index in [9.17, 15) is 0 Å². The van der Waals surface area contributed by atoms with E-state index in [1.165, 1.54) is 48.0 Å². The highest BCUT2D eigenvalue weighted by atomic mass is 35.5. The zero-order valence-corrected chi connectivity index (χ0v) is 18.6. The molecule has 1 saturated carbocycles. The molecular weight excluding hydrogens is 393 g/mol. The molecule has 3 aromatic carbocycles. The highest BCUT2D eigenvalue weighted by Crippen LogP contribution is 2.54. The molecule has 150 valence electrons. The van der Waals surface area contributed by atoms with Crippen LogP contribution in [-0.2, 0) is 0 Å². The standard InChI is InChI=1S/C26H29NP.ClH/c1-5-13-23(14-6-1)27-21-22-28(24-15-7-2-8-16-24,25-17-9-3-10-18-25)26-19-11-4-12-20-26;/h2-4,7-12,15-21,23H,1,5-6,13-14,22H2;1H/q+1;. The van der Waals surface area contributed by atoms with Crippen LogP contribution in [0.1, 0.15) is 32.1 Å². The highest BCUT2D eigenvalue weighted by Gasteiger charge is 2.44. The van der Waals surface area contributed by atoms with Crippen LogP contribution >= 0.6 is 19.7 Å². The molecule has 3 heteroatoms. The minimum absolute atomic E-state index is 0. The van der Waals surface area contributed by atoms with E-state index >= 15 is 0 Å². The molecule has 0 saturated heterocycles. The molecule has 0 amide bonds. The normalized spacial score (nSPS) is 15.2. The smallest absolute Gasteiger partial charge is 0.117 e. The molecule has 0 aromatic heterocycles. The van der Waals surface area contributed by atoms with Gasteiger partial charge in [-0.05, 0) is 49.2 Å². The van der Waals surface area contributed by atoms with Gasteiger partial charge in [-0.2, -0.15) is 0 Å². The van der Waals surface area contributed by atoms with Crippen molar-refractivity contribution >= 4 is 41.8 Å². The molecule has 1 fully saturated rings. The maximum atomic E-state index is 5.05. The van der Waals surface area contributed by atoms with E-state index in [-0.39, 0.29) is 12.4 Å². The lowest BCUT2D eigenvalue weighted by Gasteiger charge is -2.26. The van der Waals surface area contributed by atoms with Gasteiger partial charge >= 0.3 is 0 Å². The summed E-state index contributed by atoms with van der Waals surface area (Å²) in [6, 6.07) is 33.8. The fourth-order valence-corrected chi connectivity index (χ4v) is 8.27. The highest BCUT2D eigenvalue weighted by molar-refractivity contribution is 7.96. The van der Waals surface area contributed by atoms with Crippen molar-refractivity contribution in [3.8, 4) is 0 Å². The van der Waals surface area contributed by atoms with E-state index in [1.807, 2.05) is 0 Å². The summed E-state index contributed by atoms with van der Waals surface area (Å²) >= 11 is 0. The van der Waals surface area contributed by atoms with Gasteiger partial charge in [0.2, 0.25) is 0 Å². The van der Waals surface area contributed by atoms with E-state index in [0.29, 0.717) is 6.04 Å². The fraction of sp³-hybridized carbons (Fsp3) is 0.269. The summed E-state index contributed by atoms with van der Waals surface area (Å²) in [6.45, 7) is 0. The summed E-state index contributed by atoms with van der Waals surface area (Å²) in [4.78, 5) is 5.05. The van der Waals surface area contributed by atoms with Crippen LogP contribution in [0.5, 0.6) is 0 Å². The first-order valence-corrected chi connectivity index (χ1v) is 12.4. The average molecular weight is 423 g/mol. The van der Waals surface area contributed by atoms with Gasteiger partial charge in [-0.15, -0.1) is 12.4 Å². The topological polar surface area (TPSA) is 12.4 Å². The minimum atomic E-state index is -1.77. The molecule has 3 aromatic rings. The molecule has 1 nitrogen and oxygen atoms in total. The van der Waals surface area contributed by atoms with E-state index in [1.54, 1.807) is 0 Å². The zero-order chi connectivity index (χ0) is 19.1. The van der Waals surface area contributed by atoms with Crippen molar-refractivity contribution in [1.29, 1.82) is 0 Å². The summed E-state index contributed by atoms with van der Waals surface area (Å²) < 4.78 is 0. The van der Waals surface area contributed by atoms with Gasteiger partial charge in [0.05, 0.1) is 0 Å². The first-order chi connectivity index (χ1) is 13.9. The maximum Gasteiger partial charge on any atom is 0.117 e. The van der Waals surface area contributed by atoms with Crippen LogP contribution in [0.15, 0.2) is 96.0 Å². The van der Waals surface area contributed by atoms with Gasteiger partial charge in [0.1, 0.15) is 29.3 Å². The van der Waals surface area contributed by atoms with Crippen molar-refractivity contribution in [2.75, 3.05) is 6.16 Å². The fourth-order valence-electron chi connectivity index (χ4n) is 4.36. The molecule has 0 bridgehead atoms. The Morgan fingerprint density at radius 3 is 1.48 bits per heavy atom. The third kappa shape index (κ3) is 4.97. The first-order valence-electron chi connectivity index (χ1n) is 10.5. The van der Waals surface area contributed by atoms with Crippen LogP contribution < -0.4 is 15.9 Å². The summed E-state index contributed by atoms with van der Waals surface area (Å²) in [5, 5.41) is 4.30. The molecular formula is C26H30ClNP+. The Morgan fingerprint density at radius 1 is 0.655 bits per heavy atom. The van der Waals surface area contributed by atoms with Crippen LogP contribution in [0, 0.1) is 0 Å². The van der Waals surface area contributed by atoms with E-state index in [0.717, 1.165) is 6.16 Å². The minimum Gasteiger partial charge on any atom is -0.290 e. The summed E-state index contributed by atoms with van der Waals surface area (Å²) in [5.74, 6) is 0. The van der Waals surface area contributed by atoms with Gasteiger partial charge in [-0.1, -0.05) is 73.9 Å². The monoisotopic (exact) mass is 422 g/mol. The quantitative estimate of drug-likeness (QED) is 0.351. The number of halogens is 1. The Kier molecular flexibility index (Phi) is 8.04. The number of rotatable bonds is 6. The van der Waals surface area contributed by atoms with Gasteiger partial charge in [0.15, 0.2) is 0 Å². The molecule has 0 heterocycles. The number of hydrogen-bond donors (Lipinski definition) is 0. The molecule has 1 aliphatic rings. The predicted octanol–water partition coefficient (Wildman–Crippen LogP) is 5.81. The summed E-state index contributed by atoms with van der Waals surface area (Å²) in [6.07, 6.45) is 9.80. The third-order valence-electron chi connectivity index (χ3n) is 5.84. The lowest BCUT2D eigenvalue weighted by molar-refractivity contribution is 0.444. The average Bonchev–Trinajstić information content (AvgIpc) is 2.79. The van der Waals surface area contributed by atoms with Gasteiger partial charge in [0, 0.05) is 12.3 Å². The zero-order valence-electron chi connectivity index (χ0n) is 16.9. The molecule has 0 aliphatic heterocycles. The van der Waals surface area contributed by atoms with Crippen molar-refractivity contribution in [3.63, 3.8) is 0 Å². The van der Waals surface area contributed by atoms with Crippen LogP contribution in [0.4, 0.5) is 0 Å². The Labute approximate surface area is 182 Å². The molecule has 0 spiro atoms. The Balaban J connectivity index is 0.00000240. The van der Waals surface area contributed by atoms with Crippen molar-refractivity contribution in [2.45, 2.75) is 38.1 Å². The Morgan fingerprint density at radius 2 is 1.07 bits per heavy atom. The van der Waals surface area contributed by atoms with Crippen molar-refractivity contribution in [2.24, 2.45) is 4.99 Å². The van der Waals surface area contributed by atoms with Crippen LogP contribution in [-0.4, -0.2) is 18.4 Å². The van der Waals surface area contributed by atoms with E-state index in [4.69, 9.17) is 4.99 Å². The summed E-state index contributed by atoms with van der Waals surface area (Å²) in [5.41, 5.74) is 0. The van der Waals surface area contributed by atoms with Gasteiger partial charge in [-0.3, -0.25) is 4.99 Å². The first kappa shape index (κ1) is 21.8. The Hall–Kier alpha value is -1.95. The molecule has 1 aliphatic carbocycles. The lowest BCUT2D eigenvalue weighted by atomic mass is 9.96. The van der Waals surface area contributed by atoms with Crippen molar-refractivity contribution in [3.05, 3.63) is 91.0 Å². The number of benzene rings is 3. The van der Waals surface area contributed by atoms with Gasteiger partial charge < -0.3 is 0 Å². The lowest BCUT2D eigenvalue weighted by Crippen LogP contribution is -2.34. The second-order valence-electron chi connectivity index (χ2n) is 7.62. The van der Waals surface area contributed by atoms with Gasteiger partial charge in [0.25, 0.3) is 0 Å². The predicted molar refractivity (Wildman–Crippen MR) is 133 cm³/mol. The number of hydrogen-bond acceptors (Lipinski definition) is 1. The molecule has 0 N–H and O–H groups in total. The van der Waals surface area contributed by atoms with E-state index in [2.05, 4.69) is 97.2 Å².